The van der Waals surface area contributed by atoms with Gasteiger partial charge in [0.05, 0.1) is 10.5 Å². The van der Waals surface area contributed by atoms with E-state index in [0.717, 1.165) is 21.7 Å². The minimum absolute atomic E-state index is 0.213. The minimum atomic E-state index is -0.213. The number of carbonyl (C=O) groups is 1. The number of thiocarbonyl (C=S) groups is 1. The molecular weight excluding hydrogens is 400 g/mol. The standard InChI is InChI=1S/C23H12N2O2S2/c26-22-20(29-23(28)25-22)11-18-10-17-13-24-12-16(21(17)27-18)9-8-15-6-3-5-14-4-1-2-7-19(14)15/h1-7,10-13H,(H,25,26,28)/b20-11+. The van der Waals surface area contributed by atoms with Crippen LogP contribution >= 0.6 is 24.0 Å². The normalized spacial score (nSPS) is 15.0. The first-order chi connectivity index (χ1) is 14.2. The summed E-state index contributed by atoms with van der Waals surface area (Å²) in [5.74, 6) is 6.77. The van der Waals surface area contributed by atoms with Gasteiger partial charge in [-0.3, -0.25) is 9.78 Å². The Balaban J connectivity index is 1.56. The molecule has 1 fully saturated rings. The monoisotopic (exact) mass is 412 g/mol. The summed E-state index contributed by atoms with van der Waals surface area (Å²) in [5.41, 5.74) is 2.28. The van der Waals surface area contributed by atoms with E-state index in [1.165, 1.54) is 11.8 Å². The van der Waals surface area contributed by atoms with Crippen molar-refractivity contribution in [1.29, 1.82) is 0 Å². The van der Waals surface area contributed by atoms with Crippen molar-refractivity contribution in [3.8, 4) is 11.8 Å². The van der Waals surface area contributed by atoms with Gasteiger partial charge in [-0.2, -0.15) is 0 Å². The van der Waals surface area contributed by atoms with E-state index in [0.29, 0.717) is 26.1 Å². The van der Waals surface area contributed by atoms with Crippen molar-refractivity contribution in [3.63, 3.8) is 0 Å². The van der Waals surface area contributed by atoms with Gasteiger partial charge in [-0.1, -0.05) is 72.2 Å². The fraction of sp³-hybridized carbons (Fsp3) is 0. The molecule has 29 heavy (non-hydrogen) atoms. The molecule has 1 aliphatic heterocycles. The summed E-state index contributed by atoms with van der Waals surface area (Å²) in [4.78, 5) is 16.6. The Morgan fingerprint density at radius 3 is 2.72 bits per heavy atom. The number of nitrogens with zero attached hydrogens (tertiary/aromatic N) is 1. The summed E-state index contributed by atoms with van der Waals surface area (Å²) in [6, 6.07) is 16.0. The molecular formula is C23H12N2O2S2. The van der Waals surface area contributed by atoms with Crippen molar-refractivity contribution < 1.29 is 9.21 Å². The molecule has 1 saturated heterocycles. The van der Waals surface area contributed by atoms with Crippen LogP contribution in [0.4, 0.5) is 0 Å². The van der Waals surface area contributed by atoms with Crippen LogP contribution in [0.3, 0.4) is 0 Å². The Morgan fingerprint density at radius 1 is 1.03 bits per heavy atom. The number of carbonyl (C=O) groups excluding carboxylic acids is 1. The fourth-order valence-electron chi connectivity index (χ4n) is 3.16. The number of aromatic nitrogens is 1. The van der Waals surface area contributed by atoms with Crippen molar-refractivity contribution in [3.05, 3.63) is 82.7 Å². The molecule has 0 aliphatic carbocycles. The zero-order valence-corrected chi connectivity index (χ0v) is 16.6. The Morgan fingerprint density at radius 2 is 1.86 bits per heavy atom. The molecule has 0 saturated carbocycles. The molecule has 4 aromatic rings. The number of nitrogens with one attached hydrogen (secondary N) is 1. The maximum atomic E-state index is 11.9. The van der Waals surface area contributed by atoms with Crippen LogP contribution in [0.25, 0.3) is 27.8 Å². The number of rotatable bonds is 1. The Bertz CT molecular complexity index is 1400. The zero-order valence-electron chi connectivity index (χ0n) is 14.9. The van der Waals surface area contributed by atoms with Crippen LogP contribution in [-0.4, -0.2) is 15.2 Å². The van der Waals surface area contributed by atoms with Gasteiger partial charge >= 0.3 is 0 Å². The third-order valence-electron chi connectivity index (χ3n) is 4.48. The molecule has 1 N–H and O–H groups in total. The number of amides is 1. The van der Waals surface area contributed by atoms with Crippen LogP contribution in [0.1, 0.15) is 16.9 Å². The number of thioether (sulfide) groups is 1. The van der Waals surface area contributed by atoms with Crippen LogP contribution in [0.5, 0.6) is 0 Å². The molecule has 1 amide bonds. The predicted octanol–water partition coefficient (Wildman–Crippen LogP) is 4.87. The molecule has 0 spiro atoms. The highest BCUT2D eigenvalue weighted by Crippen LogP contribution is 2.29. The SMILES string of the molecule is O=C1NC(=S)S/C1=C/c1cc2cncc(C#Cc3cccc4ccccc34)c2o1. The summed E-state index contributed by atoms with van der Waals surface area (Å²) in [6.07, 6.45) is 5.09. The molecule has 0 unspecified atom stereocenters. The first kappa shape index (κ1) is 17.7. The Labute approximate surface area is 176 Å². The number of fused-ring (bicyclic) bond motifs is 2. The van der Waals surface area contributed by atoms with E-state index in [9.17, 15) is 4.79 Å². The van der Waals surface area contributed by atoms with Crippen LogP contribution in [-0.2, 0) is 4.79 Å². The molecule has 0 radical (unpaired) electrons. The summed E-state index contributed by atoms with van der Waals surface area (Å²) in [6.45, 7) is 0. The second kappa shape index (κ2) is 7.21. The third-order valence-corrected chi connectivity index (χ3v) is 5.64. The highest BCUT2D eigenvalue weighted by molar-refractivity contribution is 8.26. The fourth-order valence-corrected chi connectivity index (χ4v) is 4.19. The molecule has 4 nitrogen and oxygen atoms in total. The first-order valence-corrected chi connectivity index (χ1v) is 10.0. The van der Waals surface area contributed by atoms with Gasteiger partial charge in [0.25, 0.3) is 5.91 Å². The molecule has 0 atom stereocenters. The molecule has 0 bridgehead atoms. The average molecular weight is 412 g/mol. The maximum Gasteiger partial charge on any atom is 0.263 e. The van der Waals surface area contributed by atoms with Gasteiger partial charge in [-0.25, -0.2) is 0 Å². The lowest BCUT2D eigenvalue weighted by molar-refractivity contribution is -0.115. The van der Waals surface area contributed by atoms with E-state index in [1.807, 2.05) is 30.3 Å². The van der Waals surface area contributed by atoms with Crippen molar-refractivity contribution in [2.45, 2.75) is 0 Å². The van der Waals surface area contributed by atoms with E-state index >= 15 is 0 Å². The summed E-state index contributed by atoms with van der Waals surface area (Å²) >= 11 is 6.24. The van der Waals surface area contributed by atoms with Gasteiger partial charge in [0.15, 0.2) is 5.58 Å². The van der Waals surface area contributed by atoms with Gasteiger partial charge in [0.1, 0.15) is 10.1 Å². The lowest BCUT2D eigenvalue weighted by Crippen LogP contribution is -2.17. The maximum absolute atomic E-state index is 11.9. The van der Waals surface area contributed by atoms with Crippen LogP contribution in [0.2, 0.25) is 0 Å². The smallest absolute Gasteiger partial charge is 0.263 e. The van der Waals surface area contributed by atoms with E-state index in [2.05, 4.69) is 40.3 Å². The van der Waals surface area contributed by atoms with Crippen molar-refractivity contribution >= 4 is 62.0 Å². The molecule has 6 heteroatoms. The number of hydrogen-bond donors (Lipinski definition) is 1. The highest BCUT2D eigenvalue weighted by Gasteiger charge is 2.22. The topological polar surface area (TPSA) is 55.1 Å². The van der Waals surface area contributed by atoms with Crippen LogP contribution < -0.4 is 5.32 Å². The quantitative estimate of drug-likeness (QED) is 0.275. The second-order valence-corrected chi connectivity index (χ2v) is 8.10. The third kappa shape index (κ3) is 3.42. The van der Waals surface area contributed by atoms with E-state index < -0.39 is 0 Å². The first-order valence-electron chi connectivity index (χ1n) is 8.79. The van der Waals surface area contributed by atoms with E-state index in [-0.39, 0.29) is 5.91 Å². The number of hydrogen-bond acceptors (Lipinski definition) is 5. The van der Waals surface area contributed by atoms with E-state index in [4.69, 9.17) is 16.6 Å². The zero-order chi connectivity index (χ0) is 19.8. The molecule has 1 aliphatic rings. The largest absolute Gasteiger partial charge is 0.455 e. The minimum Gasteiger partial charge on any atom is -0.455 e. The molecule has 5 rings (SSSR count). The van der Waals surface area contributed by atoms with E-state index in [1.54, 1.807) is 18.5 Å². The van der Waals surface area contributed by atoms with Crippen LogP contribution in [0, 0.1) is 11.8 Å². The molecule has 2 aromatic carbocycles. The Hall–Kier alpha value is -3.40. The van der Waals surface area contributed by atoms with Gasteiger partial charge in [-0.05, 0) is 22.9 Å². The summed E-state index contributed by atoms with van der Waals surface area (Å²) in [7, 11) is 0. The number of pyridine rings is 1. The molecule has 3 heterocycles. The lowest BCUT2D eigenvalue weighted by atomic mass is 10.0. The summed E-state index contributed by atoms with van der Waals surface area (Å²) in [5, 5.41) is 5.67. The summed E-state index contributed by atoms with van der Waals surface area (Å²) < 4.78 is 6.41. The van der Waals surface area contributed by atoms with Gasteiger partial charge < -0.3 is 9.73 Å². The van der Waals surface area contributed by atoms with Crippen molar-refractivity contribution in [2.75, 3.05) is 0 Å². The lowest BCUT2D eigenvalue weighted by Gasteiger charge is -1.99. The van der Waals surface area contributed by atoms with Crippen molar-refractivity contribution in [2.24, 2.45) is 0 Å². The van der Waals surface area contributed by atoms with Gasteiger partial charge in [0, 0.05) is 29.4 Å². The van der Waals surface area contributed by atoms with Gasteiger partial charge in [-0.15, -0.1) is 0 Å². The number of furan rings is 1. The highest BCUT2D eigenvalue weighted by atomic mass is 32.2. The number of benzene rings is 2. The van der Waals surface area contributed by atoms with Crippen molar-refractivity contribution in [1.82, 2.24) is 10.3 Å². The molecule has 138 valence electrons. The second-order valence-electron chi connectivity index (χ2n) is 6.38. The predicted molar refractivity (Wildman–Crippen MR) is 120 cm³/mol. The van der Waals surface area contributed by atoms with Crippen LogP contribution in [0.15, 0.2) is 70.2 Å². The average Bonchev–Trinajstić information content (AvgIpc) is 3.28. The molecule has 2 aromatic heterocycles. The van der Waals surface area contributed by atoms with Gasteiger partial charge in [0.2, 0.25) is 0 Å². The Kier molecular flexibility index (Phi) is 4.39.